The Bertz CT molecular complexity index is 235. The van der Waals surface area contributed by atoms with Gasteiger partial charge in [0.05, 0.1) is 6.61 Å². The number of hydrogen-bond donors (Lipinski definition) is 2. The van der Waals surface area contributed by atoms with Gasteiger partial charge in [-0.1, -0.05) is 0 Å². The van der Waals surface area contributed by atoms with Gasteiger partial charge in [0.2, 0.25) is 0 Å². The van der Waals surface area contributed by atoms with Crippen LogP contribution in [-0.2, 0) is 0 Å². The lowest BCUT2D eigenvalue weighted by atomic mass is 10.3. The molecule has 66 valence electrons. The molecule has 0 aromatic heterocycles. The number of benzene rings is 1. The molecule has 2 N–H and O–H groups in total. The topological polar surface area (TPSA) is 32.3 Å². The number of nitrogens with one attached hydrogen (secondary N) is 1. The van der Waals surface area contributed by atoms with E-state index in [0.717, 1.165) is 5.69 Å². The zero-order valence-corrected chi connectivity index (χ0v) is 6.92. The molecule has 0 saturated carbocycles. The van der Waals surface area contributed by atoms with Crippen molar-refractivity contribution in [1.29, 1.82) is 0 Å². The van der Waals surface area contributed by atoms with Crippen molar-refractivity contribution in [2.45, 2.75) is 13.0 Å². The van der Waals surface area contributed by atoms with Gasteiger partial charge in [-0.2, -0.15) is 0 Å². The van der Waals surface area contributed by atoms with Crippen LogP contribution in [-0.4, -0.2) is 17.8 Å². The summed E-state index contributed by atoms with van der Waals surface area (Å²) in [5, 5.41) is 11.7. The molecule has 0 aliphatic heterocycles. The van der Waals surface area contributed by atoms with Gasteiger partial charge in [0.1, 0.15) is 5.82 Å². The van der Waals surface area contributed by atoms with E-state index in [1.807, 2.05) is 6.92 Å². The van der Waals surface area contributed by atoms with Crippen LogP contribution in [0.1, 0.15) is 6.92 Å². The monoisotopic (exact) mass is 169 g/mol. The van der Waals surface area contributed by atoms with Crippen LogP contribution >= 0.6 is 0 Å². The van der Waals surface area contributed by atoms with Crippen LogP contribution in [0.15, 0.2) is 24.3 Å². The third kappa shape index (κ3) is 2.51. The Balaban J connectivity index is 2.58. The van der Waals surface area contributed by atoms with Crippen LogP contribution in [0.3, 0.4) is 0 Å². The number of rotatable bonds is 3. The maximum absolute atomic E-state index is 12.4. The van der Waals surface area contributed by atoms with Gasteiger partial charge >= 0.3 is 0 Å². The first-order valence-electron chi connectivity index (χ1n) is 3.85. The minimum Gasteiger partial charge on any atom is -0.394 e. The fourth-order valence-electron chi connectivity index (χ4n) is 0.876. The van der Waals surface area contributed by atoms with E-state index in [1.54, 1.807) is 12.1 Å². The molecule has 2 nitrogen and oxygen atoms in total. The minimum atomic E-state index is -0.253. The summed E-state index contributed by atoms with van der Waals surface area (Å²) in [6.07, 6.45) is 0. The largest absolute Gasteiger partial charge is 0.394 e. The molecular formula is C9H12FNO. The summed E-state index contributed by atoms with van der Waals surface area (Å²) in [5.41, 5.74) is 0.818. The molecule has 1 rings (SSSR count). The Morgan fingerprint density at radius 2 is 2.00 bits per heavy atom. The Kier molecular flexibility index (Phi) is 3.05. The first-order chi connectivity index (χ1) is 5.72. The van der Waals surface area contributed by atoms with Crippen molar-refractivity contribution in [2.75, 3.05) is 11.9 Å². The molecular weight excluding hydrogens is 157 g/mol. The molecule has 1 atom stereocenters. The molecule has 3 heteroatoms. The first kappa shape index (κ1) is 9.00. The average molecular weight is 169 g/mol. The Hall–Kier alpha value is -1.09. The fourth-order valence-corrected chi connectivity index (χ4v) is 0.876. The molecule has 0 saturated heterocycles. The molecule has 0 bridgehead atoms. The number of hydrogen-bond acceptors (Lipinski definition) is 2. The maximum Gasteiger partial charge on any atom is 0.123 e. The second-order valence-corrected chi connectivity index (χ2v) is 2.73. The molecule has 0 fully saturated rings. The quantitative estimate of drug-likeness (QED) is 0.720. The predicted octanol–water partition coefficient (Wildman–Crippen LogP) is 1.62. The van der Waals surface area contributed by atoms with Gasteiger partial charge in [-0.25, -0.2) is 4.39 Å². The van der Waals surface area contributed by atoms with Crippen molar-refractivity contribution in [3.8, 4) is 0 Å². The van der Waals surface area contributed by atoms with E-state index in [9.17, 15) is 4.39 Å². The molecule has 12 heavy (non-hydrogen) atoms. The molecule has 0 aliphatic carbocycles. The van der Waals surface area contributed by atoms with Crippen molar-refractivity contribution in [2.24, 2.45) is 0 Å². The van der Waals surface area contributed by atoms with Gasteiger partial charge in [0, 0.05) is 11.7 Å². The highest BCUT2D eigenvalue weighted by Gasteiger charge is 1.98. The predicted molar refractivity (Wildman–Crippen MR) is 46.6 cm³/mol. The van der Waals surface area contributed by atoms with Gasteiger partial charge in [-0.3, -0.25) is 0 Å². The van der Waals surface area contributed by atoms with Crippen molar-refractivity contribution in [3.05, 3.63) is 30.1 Å². The van der Waals surface area contributed by atoms with Crippen LogP contribution < -0.4 is 5.32 Å². The molecule has 0 amide bonds. The summed E-state index contributed by atoms with van der Waals surface area (Å²) < 4.78 is 12.4. The van der Waals surface area contributed by atoms with Gasteiger partial charge in [-0.05, 0) is 31.2 Å². The molecule has 0 aliphatic rings. The molecule has 0 heterocycles. The van der Waals surface area contributed by atoms with Gasteiger partial charge < -0.3 is 10.4 Å². The fraction of sp³-hybridized carbons (Fsp3) is 0.333. The van der Waals surface area contributed by atoms with Crippen molar-refractivity contribution in [1.82, 2.24) is 0 Å². The summed E-state index contributed by atoms with van der Waals surface area (Å²) in [4.78, 5) is 0. The zero-order chi connectivity index (χ0) is 8.97. The normalized spacial score (nSPS) is 12.6. The van der Waals surface area contributed by atoms with E-state index in [-0.39, 0.29) is 18.5 Å². The number of aliphatic hydroxyl groups is 1. The molecule has 0 radical (unpaired) electrons. The maximum atomic E-state index is 12.4. The van der Waals surface area contributed by atoms with Crippen LogP contribution in [0.25, 0.3) is 0 Å². The van der Waals surface area contributed by atoms with Crippen molar-refractivity contribution < 1.29 is 9.50 Å². The van der Waals surface area contributed by atoms with E-state index in [1.165, 1.54) is 12.1 Å². The summed E-state index contributed by atoms with van der Waals surface area (Å²) >= 11 is 0. The smallest absolute Gasteiger partial charge is 0.123 e. The summed E-state index contributed by atoms with van der Waals surface area (Å²) in [7, 11) is 0. The van der Waals surface area contributed by atoms with E-state index < -0.39 is 0 Å². The van der Waals surface area contributed by atoms with E-state index in [2.05, 4.69) is 5.32 Å². The summed E-state index contributed by atoms with van der Waals surface area (Å²) in [6, 6.07) is 6.04. The van der Waals surface area contributed by atoms with Crippen molar-refractivity contribution >= 4 is 5.69 Å². The second kappa shape index (κ2) is 4.07. The standard InChI is InChI=1S/C9H12FNO/c1-7(6-12)11-9-4-2-8(10)3-5-9/h2-5,7,11-12H,6H2,1H3/t7-/m1/s1. The lowest BCUT2D eigenvalue weighted by Gasteiger charge is -2.11. The second-order valence-electron chi connectivity index (χ2n) is 2.73. The third-order valence-electron chi connectivity index (χ3n) is 1.53. The summed E-state index contributed by atoms with van der Waals surface area (Å²) in [5.74, 6) is -0.253. The highest BCUT2D eigenvalue weighted by molar-refractivity contribution is 5.43. The molecule has 1 aromatic rings. The van der Waals surface area contributed by atoms with Crippen LogP contribution in [0, 0.1) is 5.82 Å². The van der Waals surface area contributed by atoms with E-state index in [0.29, 0.717) is 0 Å². The van der Waals surface area contributed by atoms with E-state index in [4.69, 9.17) is 5.11 Å². The van der Waals surface area contributed by atoms with Crippen molar-refractivity contribution in [3.63, 3.8) is 0 Å². The van der Waals surface area contributed by atoms with Crippen LogP contribution in [0.2, 0.25) is 0 Å². The van der Waals surface area contributed by atoms with E-state index >= 15 is 0 Å². The zero-order valence-electron chi connectivity index (χ0n) is 6.92. The Labute approximate surface area is 71.0 Å². The molecule has 0 unspecified atom stereocenters. The van der Waals surface area contributed by atoms with Crippen LogP contribution in [0.4, 0.5) is 10.1 Å². The highest BCUT2D eigenvalue weighted by atomic mass is 19.1. The number of halogens is 1. The Morgan fingerprint density at radius 1 is 1.42 bits per heavy atom. The van der Waals surface area contributed by atoms with Crippen LogP contribution in [0.5, 0.6) is 0 Å². The van der Waals surface area contributed by atoms with Gasteiger partial charge in [-0.15, -0.1) is 0 Å². The summed E-state index contributed by atoms with van der Waals surface area (Å²) in [6.45, 7) is 1.92. The number of anilines is 1. The molecule has 0 spiro atoms. The first-order valence-corrected chi connectivity index (χ1v) is 3.85. The lowest BCUT2D eigenvalue weighted by Crippen LogP contribution is -2.19. The molecule has 1 aromatic carbocycles. The lowest BCUT2D eigenvalue weighted by molar-refractivity contribution is 0.281. The SMILES string of the molecule is C[C@H](CO)Nc1ccc(F)cc1. The van der Waals surface area contributed by atoms with Gasteiger partial charge in [0.15, 0.2) is 0 Å². The minimum absolute atomic E-state index is 0.00420. The third-order valence-corrected chi connectivity index (χ3v) is 1.53. The highest BCUT2D eigenvalue weighted by Crippen LogP contribution is 2.08. The van der Waals surface area contributed by atoms with Gasteiger partial charge in [0.25, 0.3) is 0 Å². The number of aliphatic hydroxyl groups excluding tert-OH is 1. The Morgan fingerprint density at radius 3 is 2.50 bits per heavy atom. The average Bonchev–Trinajstić information content (AvgIpc) is 2.09.